The van der Waals surface area contributed by atoms with Gasteiger partial charge in [-0.1, -0.05) is 54.6 Å². The summed E-state index contributed by atoms with van der Waals surface area (Å²) < 4.78 is 69.0. The Kier molecular flexibility index (Phi) is 4.10. The summed E-state index contributed by atoms with van der Waals surface area (Å²) in [4.78, 5) is 1.26. The third kappa shape index (κ3) is 2.67. The van der Waals surface area contributed by atoms with E-state index in [9.17, 15) is 21.6 Å². The highest BCUT2D eigenvalue weighted by molar-refractivity contribution is 8.33. The number of alkyl halides is 3. The summed E-state index contributed by atoms with van der Waals surface area (Å²) >= 11 is 0. The smallest absolute Gasteiger partial charge is 0.200 e. The summed E-state index contributed by atoms with van der Waals surface area (Å²) in [7, 11) is -8.94. The molecule has 3 aromatic carbocycles. The van der Waals surface area contributed by atoms with Crippen LogP contribution in [0, 0.1) is 0 Å². The molecule has 1 aliphatic rings. The van der Waals surface area contributed by atoms with E-state index in [4.69, 9.17) is 3.63 Å². The quantitative estimate of drug-likeness (QED) is 0.518. The molecule has 0 aliphatic carbocycles. The van der Waals surface area contributed by atoms with E-state index in [2.05, 4.69) is 0 Å². The third-order valence-corrected chi connectivity index (χ3v) is 9.22. The van der Waals surface area contributed by atoms with Crippen LogP contribution in [0.5, 0.6) is 0 Å². The molecular formula is C19H13F3O3S2. The fourth-order valence-corrected chi connectivity index (χ4v) is 8.23. The predicted octanol–water partition coefficient (Wildman–Crippen LogP) is 5.73. The van der Waals surface area contributed by atoms with Gasteiger partial charge in [0.1, 0.15) is 0 Å². The van der Waals surface area contributed by atoms with Gasteiger partial charge in [0.15, 0.2) is 0 Å². The molecule has 1 heterocycles. The van der Waals surface area contributed by atoms with Crippen molar-refractivity contribution in [3.05, 3.63) is 78.9 Å². The van der Waals surface area contributed by atoms with Crippen molar-refractivity contribution in [1.82, 2.24) is 0 Å². The Balaban J connectivity index is 2.10. The van der Waals surface area contributed by atoms with Crippen molar-refractivity contribution in [2.45, 2.75) is 20.2 Å². The van der Waals surface area contributed by atoms with Crippen LogP contribution in [0.1, 0.15) is 0 Å². The Morgan fingerprint density at radius 3 is 1.63 bits per heavy atom. The Hall–Kier alpha value is -2.29. The Labute approximate surface area is 156 Å². The monoisotopic (exact) mass is 410 g/mol. The molecule has 1 aliphatic heterocycles. The lowest BCUT2D eigenvalue weighted by molar-refractivity contribution is -0.0496. The van der Waals surface area contributed by atoms with Crippen molar-refractivity contribution >= 4 is 20.4 Å². The molecule has 0 spiro atoms. The second kappa shape index (κ2) is 6.12. The highest BCUT2D eigenvalue weighted by Crippen LogP contribution is 2.77. The van der Waals surface area contributed by atoms with Crippen LogP contribution in [0.4, 0.5) is 13.2 Å². The Morgan fingerprint density at radius 2 is 1.15 bits per heavy atom. The number of hydrogen-bond donors (Lipinski definition) is 0. The maximum absolute atomic E-state index is 13.2. The summed E-state index contributed by atoms with van der Waals surface area (Å²) in [5.41, 5.74) is -4.18. The zero-order valence-electron chi connectivity index (χ0n) is 13.7. The first-order valence-electron chi connectivity index (χ1n) is 7.87. The molecule has 140 valence electrons. The van der Waals surface area contributed by atoms with Gasteiger partial charge in [0.25, 0.3) is 0 Å². The van der Waals surface area contributed by atoms with Gasteiger partial charge in [0, 0.05) is 14.7 Å². The van der Waals surface area contributed by atoms with Gasteiger partial charge < -0.3 is 0 Å². The average Bonchev–Trinajstić information content (AvgIpc) is 2.93. The minimum Gasteiger partial charge on any atom is -0.200 e. The summed E-state index contributed by atoms with van der Waals surface area (Å²) in [6.07, 6.45) is 0. The molecular weight excluding hydrogens is 397 g/mol. The molecule has 4 rings (SSSR count). The van der Waals surface area contributed by atoms with Gasteiger partial charge in [-0.2, -0.15) is 25.2 Å². The number of benzene rings is 3. The van der Waals surface area contributed by atoms with Gasteiger partial charge in [-0.15, -0.1) is 0 Å². The van der Waals surface area contributed by atoms with Crippen LogP contribution >= 0.6 is 10.3 Å². The van der Waals surface area contributed by atoms with E-state index in [1.165, 1.54) is 0 Å². The summed E-state index contributed by atoms with van der Waals surface area (Å²) in [5, 5.41) is 0. The Morgan fingerprint density at radius 1 is 0.704 bits per heavy atom. The summed E-state index contributed by atoms with van der Waals surface area (Å²) in [5.74, 6) is 0. The van der Waals surface area contributed by atoms with Crippen molar-refractivity contribution < 1.29 is 25.2 Å². The lowest BCUT2D eigenvalue weighted by Crippen LogP contribution is -2.27. The molecule has 0 bridgehead atoms. The van der Waals surface area contributed by atoms with Crippen molar-refractivity contribution in [1.29, 1.82) is 0 Å². The van der Waals surface area contributed by atoms with Gasteiger partial charge in [-0.05, 0) is 45.7 Å². The maximum atomic E-state index is 13.2. The standard InChI is InChI=1S/C19H13F3O3S2/c20-19(21,22)27(23,24)25-26(14-8-2-1-3-9-14)17-12-6-4-10-15(17)16-11-5-7-13-18(16)26/h1-13H. The lowest BCUT2D eigenvalue weighted by atomic mass is 10.1. The number of rotatable bonds is 3. The average molecular weight is 410 g/mol. The van der Waals surface area contributed by atoms with Crippen LogP contribution in [0.3, 0.4) is 0 Å². The first-order valence-corrected chi connectivity index (χ1v) is 10.8. The van der Waals surface area contributed by atoms with Crippen LogP contribution in [0.2, 0.25) is 0 Å². The first kappa shape index (κ1) is 18.1. The topological polar surface area (TPSA) is 43.4 Å². The summed E-state index contributed by atoms with van der Waals surface area (Å²) in [6, 6.07) is 21.8. The molecule has 0 atom stereocenters. The highest BCUT2D eigenvalue weighted by atomic mass is 32.3. The minimum absolute atomic E-state index is 0.384. The molecule has 0 amide bonds. The normalized spacial score (nSPS) is 16.4. The van der Waals surface area contributed by atoms with Crippen LogP contribution in [-0.2, 0) is 13.7 Å². The fourth-order valence-electron chi connectivity index (χ4n) is 3.15. The van der Waals surface area contributed by atoms with E-state index in [0.29, 0.717) is 25.8 Å². The zero-order valence-corrected chi connectivity index (χ0v) is 15.3. The first-order chi connectivity index (χ1) is 12.8. The molecule has 0 fully saturated rings. The van der Waals surface area contributed by atoms with Crippen LogP contribution < -0.4 is 0 Å². The van der Waals surface area contributed by atoms with Crippen molar-refractivity contribution in [3.63, 3.8) is 0 Å². The van der Waals surface area contributed by atoms with E-state index in [0.717, 1.165) is 0 Å². The second-order valence-corrected chi connectivity index (χ2v) is 10.2. The zero-order chi connectivity index (χ0) is 19.3. The number of hydrogen-bond acceptors (Lipinski definition) is 3. The van der Waals surface area contributed by atoms with E-state index in [-0.39, 0.29) is 0 Å². The molecule has 0 unspecified atom stereocenters. The van der Waals surface area contributed by atoms with Crippen LogP contribution in [-0.4, -0.2) is 13.9 Å². The molecule has 3 aromatic rings. The van der Waals surface area contributed by atoms with E-state index in [1.54, 1.807) is 78.9 Å². The van der Waals surface area contributed by atoms with Gasteiger partial charge in [-0.25, -0.2) is 0 Å². The van der Waals surface area contributed by atoms with E-state index >= 15 is 0 Å². The van der Waals surface area contributed by atoms with Crippen LogP contribution in [0.25, 0.3) is 11.1 Å². The lowest BCUT2D eigenvalue weighted by Gasteiger charge is -2.36. The predicted molar refractivity (Wildman–Crippen MR) is 96.8 cm³/mol. The third-order valence-electron chi connectivity index (χ3n) is 4.23. The molecule has 3 nitrogen and oxygen atoms in total. The SMILES string of the molecule is O=S(=O)(OS1(c2ccccc2)c2ccccc2-c2ccccc21)C(F)(F)F. The second-order valence-electron chi connectivity index (χ2n) is 5.83. The van der Waals surface area contributed by atoms with Gasteiger partial charge in [0.05, 0.1) is 0 Å². The number of halogens is 3. The molecule has 0 aromatic heterocycles. The van der Waals surface area contributed by atoms with Crippen molar-refractivity contribution in [2.24, 2.45) is 0 Å². The summed E-state index contributed by atoms with van der Waals surface area (Å²) in [6.45, 7) is 0. The molecule has 0 saturated heterocycles. The van der Waals surface area contributed by atoms with Crippen molar-refractivity contribution in [2.75, 3.05) is 0 Å². The Bertz CT molecular complexity index is 1060. The molecule has 8 heteroatoms. The number of fused-ring (bicyclic) bond motifs is 3. The van der Waals surface area contributed by atoms with Gasteiger partial charge >= 0.3 is 15.6 Å². The van der Waals surface area contributed by atoms with E-state index < -0.39 is 25.9 Å². The fraction of sp³-hybridized carbons (Fsp3) is 0.0526. The molecule has 0 saturated carbocycles. The highest BCUT2D eigenvalue weighted by Gasteiger charge is 2.54. The molecule has 27 heavy (non-hydrogen) atoms. The maximum Gasteiger partial charge on any atom is 0.524 e. The molecule has 0 N–H and O–H groups in total. The van der Waals surface area contributed by atoms with Gasteiger partial charge in [0.2, 0.25) is 0 Å². The van der Waals surface area contributed by atoms with Crippen LogP contribution in [0.15, 0.2) is 93.5 Å². The van der Waals surface area contributed by atoms with Gasteiger partial charge in [-0.3, -0.25) is 0 Å². The van der Waals surface area contributed by atoms with E-state index in [1.807, 2.05) is 0 Å². The minimum atomic E-state index is -5.84. The van der Waals surface area contributed by atoms with Crippen molar-refractivity contribution in [3.8, 4) is 11.1 Å². The largest absolute Gasteiger partial charge is 0.524 e. The molecule has 0 radical (unpaired) electrons.